The summed E-state index contributed by atoms with van der Waals surface area (Å²) in [5.74, 6) is 1.70. The smallest absolute Gasteiger partial charge is 0.227 e. The number of carbonyl (C=O) groups is 1. The van der Waals surface area contributed by atoms with Gasteiger partial charge in [0.05, 0.1) is 25.3 Å². The Kier molecular flexibility index (Phi) is 7.33. The highest BCUT2D eigenvalue weighted by Gasteiger charge is 2.31. The summed E-state index contributed by atoms with van der Waals surface area (Å²) < 4.78 is 5.52. The highest BCUT2D eigenvalue weighted by atomic mass is 16.5. The van der Waals surface area contributed by atoms with Gasteiger partial charge in [0.2, 0.25) is 5.91 Å². The number of rotatable bonds is 7. The molecule has 4 rings (SSSR count). The van der Waals surface area contributed by atoms with E-state index in [2.05, 4.69) is 16.9 Å². The molecule has 0 N–H and O–H groups in total. The number of nitrogens with zero attached hydrogens (tertiary/aromatic N) is 4. The minimum Gasteiger partial charge on any atom is -0.496 e. The van der Waals surface area contributed by atoms with Gasteiger partial charge in [0.1, 0.15) is 11.6 Å². The molecule has 1 aliphatic heterocycles. The number of aromatic nitrogens is 3. The van der Waals surface area contributed by atoms with Crippen LogP contribution in [0.25, 0.3) is 11.1 Å². The summed E-state index contributed by atoms with van der Waals surface area (Å²) in [4.78, 5) is 29.4. The van der Waals surface area contributed by atoms with Crippen molar-refractivity contribution in [2.75, 3.05) is 13.7 Å². The molecule has 6 heteroatoms. The van der Waals surface area contributed by atoms with E-state index in [0.29, 0.717) is 6.42 Å². The zero-order chi connectivity index (χ0) is 23.2. The summed E-state index contributed by atoms with van der Waals surface area (Å²) in [5, 5.41) is 0. The van der Waals surface area contributed by atoms with Gasteiger partial charge in [-0.15, -0.1) is 0 Å². The van der Waals surface area contributed by atoms with Crippen LogP contribution in [0, 0.1) is 6.92 Å². The molecule has 1 atom stereocenters. The lowest BCUT2D eigenvalue weighted by Gasteiger charge is -2.36. The Bertz CT molecular complexity index is 1100. The first kappa shape index (κ1) is 22.9. The predicted molar refractivity (Wildman–Crippen MR) is 129 cm³/mol. The molecule has 0 aliphatic carbocycles. The molecule has 0 spiro atoms. The minimum absolute atomic E-state index is 0.0659. The molecule has 1 aliphatic rings. The second-order valence-corrected chi connectivity index (χ2v) is 8.66. The summed E-state index contributed by atoms with van der Waals surface area (Å²) >= 11 is 0. The monoisotopic (exact) mass is 444 g/mol. The van der Waals surface area contributed by atoms with Gasteiger partial charge in [-0.05, 0) is 56.4 Å². The van der Waals surface area contributed by atoms with E-state index in [4.69, 9.17) is 9.72 Å². The lowest BCUT2D eigenvalue weighted by Crippen LogP contribution is -2.40. The highest BCUT2D eigenvalue weighted by Crippen LogP contribution is 2.36. The van der Waals surface area contributed by atoms with E-state index in [1.807, 2.05) is 48.4 Å². The molecule has 6 nitrogen and oxygen atoms in total. The SMILES string of the molecule is CCCc1ncc(-c2ccncc2)c([C@H]2CCCCN2C(=O)Cc2cc(C)ccc2OC)n1. The number of piperidine rings is 1. The molecule has 172 valence electrons. The Morgan fingerprint density at radius 1 is 1.18 bits per heavy atom. The van der Waals surface area contributed by atoms with Crippen LogP contribution in [-0.4, -0.2) is 39.4 Å². The summed E-state index contributed by atoms with van der Waals surface area (Å²) in [5.41, 5.74) is 5.00. The molecule has 0 unspecified atom stereocenters. The highest BCUT2D eigenvalue weighted by molar-refractivity contribution is 5.80. The Labute approximate surface area is 196 Å². The maximum atomic E-state index is 13.6. The van der Waals surface area contributed by atoms with E-state index in [0.717, 1.165) is 78.2 Å². The Morgan fingerprint density at radius 2 is 2.00 bits per heavy atom. The van der Waals surface area contributed by atoms with Gasteiger partial charge in [-0.25, -0.2) is 9.97 Å². The largest absolute Gasteiger partial charge is 0.496 e. The van der Waals surface area contributed by atoms with Crippen LogP contribution in [0.4, 0.5) is 0 Å². The zero-order valence-corrected chi connectivity index (χ0v) is 19.8. The second kappa shape index (κ2) is 10.6. The first-order valence-corrected chi connectivity index (χ1v) is 11.8. The number of amides is 1. The van der Waals surface area contributed by atoms with Crippen LogP contribution in [-0.2, 0) is 17.6 Å². The minimum atomic E-state index is -0.0659. The van der Waals surface area contributed by atoms with Crippen LogP contribution in [0.2, 0.25) is 0 Å². The fourth-order valence-corrected chi connectivity index (χ4v) is 4.61. The van der Waals surface area contributed by atoms with Crippen molar-refractivity contribution in [3.8, 4) is 16.9 Å². The third-order valence-electron chi connectivity index (χ3n) is 6.25. The van der Waals surface area contributed by atoms with Gasteiger partial charge in [-0.1, -0.05) is 24.6 Å². The maximum Gasteiger partial charge on any atom is 0.227 e. The number of hydrogen-bond donors (Lipinski definition) is 0. The average Bonchev–Trinajstić information content (AvgIpc) is 2.85. The molecule has 1 amide bonds. The van der Waals surface area contributed by atoms with Crippen molar-refractivity contribution >= 4 is 5.91 Å². The molecule has 0 saturated carbocycles. The number of methoxy groups -OCH3 is 1. The second-order valence-electron chi connectivity index (χ2n) is 8.66. The van der Waals surface area contributed by atoms with Gasteiger partial charge in [0.15, 0.2) is 0 Å². The first-order chi connectivity index (χ1) is 16.1. The number of hydrogen-bond acceptors (Lipinski definition) is 5. The van der Waals surface area contributed by atoms with Crippen LogP contribution >= 0.6 is 0 Å². The van der Waals surface area contributed by atoms with Gasteiger partial charge in [-0.3, -0.25) is 9.78 Å². The summed E-state index contributed by atoms with van der Waals surface area (Å²) in [6.07, 6.45) is 10.6. The van der Waals surface area contributed by atoms with Gasteiger partial charge >= 0.3 is 0 Å². The van der Waals surface area contributed by atoms with Crippen molar-refractivity contribution < 1.29 is 9.53 Å². The van der Waals surface area contributed by atoms with Crippen molar-refractivity contribution in [3.63, 3.8) is 0 Å². The van der Waals surface area contributed by atoms with Crippen LogP contribution in [0.1, 0.15) is 61.3 Å². The van der Waals surface area contributed by atoms with Crippen LogP contribution < -0.4 is 4.74 Å². The van der Waals surface area contributed by atoms with Crippen molar-refractivity contribution in [2.45, 2.75) is 58.4 Å². The molecule has 0 bridgehead atoms. The van der Waals surface area contributed by atoms with Crippen LogP contribution in [0.5, 0.6) is 5.75 Å². The van der Waals surface area contributed by atoms with E-state index in [1.165, 1.54) is 0 Å². The number of carbonyl (C=O) groups excluding carboxylic acids is 1. The van der Waals surface area contributed by atoms with E-state index in [-0.39, 0.29) is 11.9 Å². The Hall–Kier alpha value is -3.28. The van der Waals surface area contributed by atoms with Crippen molar-refractivity contribution in [3.05, 3.63) is 71.6 Å². The van der Waals surface area contributed by atoms with E-state index in [1.54, 1.807) is 19.5 Å². The number of benzene rings is 1. The summed E-state index contributed by atoms with van der Waals surface area (Å²) in [7, 11) is 1.65. The number of likely N-dealkylation sites (tertiary alicyclic amines) is 1. The molecule has 1 aromatic carbocycles. The number of pyridine rings is 1. The topological polar surface area (TPSA) is 68.2 Å². The van der Waals surface area contributed by atoms with Crippen LogP contribution in [0.3, 0.4) is 0 Å². The lowest BCUT2D eigenvalue weighted by atomic mass is 9.93. The van der Waals surface area contributed by atoms with Crippen molar-refractivity contribution in [1.29, 1.82) is 0 Å². The standard InChI is InChI=1S/C27H32N4O2/c1-4-7-25-29-18-22(20-11-13-28-14-12-20)27(30-25)23-8-5-6-15-31(23)26(32)17-21-16-19(2)9-10-24(21)33-3/h9-14,16,18,23H,4-8,15,17H2,1-3H3/t23-/m1/s1. The summed E-state index contributed by atoms with van der Waals surface area (Å²) in [6.45, 7) is 4.90. The predicted octanol–water partition coefficient (Wildman–Crippen LogP) is 5.10. The normalized spacial score (nSPS) is 16.0. The zero-order valence-electron chi connectivity index (χ0n) is 19.8. The van der Waals surface area contributed by atoms with E-state index < -0.39 is 0 Å². The van der Waals surface area contributed by atoms with Gasteiger partial charge in [-0.2, -0.15) is 0 Å². The summed E-state index contributed by atoms with van der Waals surface area (Å²) in [6, 6.07) is 9.89. The Balaban J connectivity index is 1.70. The molecule has 1 fully saturated rings. The quantitative estimate of drug-likeness (QED) is 0.507. The molecular formula is C27H32N4O2. The van der Waals surface area contributed by atoms with E-state index in [9.17, 15) is 4.79 Å². The van der Waals surface area contributed by atoms with Gasteiger partial charge in [0.25, 0.3) is 0 Å². The molecule has 3 aromatic rings. The van der Waals surface area contributed by atoms with Crippen molar-refractivity contribution in [2.24, 2.45) is 0 Å². The van der Waals surface area contributed by atoms with E-state index >= 15 is 0 Å². The Morgan fingerprint density at radius 3 is 2.76 bits per heavy atom. The van der Waals surface area contributed by atoms with Gasteiger partial charge < -0.3 is 9.64 Å². The average molecular weight is 445 g/mol. The number of aryl methyl sites for hydroxylation is 2. The van der Waals surface area contributed by atoms with Gasteiger partial charge in [0, 0.05) is 42.7 Å². The fourth-order valence-electron chi connectivity index (χ4n) is 4.61. The van der Waals surface area contributed by atoms with Crippen LogP contribution in [0.15, 0.2) is 48.9 Å². The first-order valence-electron chi connectivity index (χ1n) is 11.8. The third-order valence-corrected chi connectivity index (χ3v) is 6.25. The molecule has 1 saturated heterocycles. The molecule has 0 radical (unpaired) electrons. The lowest BCUT2D eigenvalue weighted by molar-refractivity contribution is -0.134. The number of ether oxygens (including phenoxy) is 1. The van der Waals surface area contributed by atoms with Crippen molar-refractivity contribution in [1.82, 2.24) is 19.9 Å². The molecule has 3 heterocycles. The molecule has 33 heavy (non-hydrogen) atoms. The molecular weight excluding hydrogens is 412 g/mol. The fraction of sp³-hybridized carbons (Fsp3) is 0.407. The third kappa shape index (κ3) is 5.21. The maximum absolute atomic E-state index is 13.6. The molecule has 2 aromatic heterocycles.